The quantitative estimate of drug-likeness (QED) is 0.784. The minimum Gasteiger partial charge on any atom is -0.497 e. The summed E-state index contributed by atoms with van der Waals surface area (Å²) in [7, 11) is 1.66. The zero-order valence-corrected chi connectivity index (χ0v) is 15.6. The summed E-state index contributed by atoms with van der Waals surface area (Å²) in [5.41, 5.74) is -0.0123. The molecular formula is C21H26F2N2O2. The van der Waals surface area contributed by atoms with E-state index in [4.69, 9.17) is 4.74 Å². The molecule has 1 N–H and O–H groups in total. The minimum absolute atomic E-state index is 0.0123. The van der Waals surface area contributed by atoms with Crippen molar-refractivity contribution in [2.45, 2.75) is 12.8 Å². The van der Waals surface area contributed by atoms with Crippen LogP contribution in [0.15, 0.2) is 48.5 Å². The average molecular weight is 376 g/mol. The largest absolute Gasteiger partial charge is 0.497 e. The Kier molecular flexibility index (Phi) is 8.87. The second-order valence-corrected chi connectivity index (χ2v) is 6.26. The van der Waals surface area contributed by atoms with Crippen LogP contribution < -0.4 is 10.1 Å². The number of Topliss-reactive ketones (excluding diaryl/α,β-unsaturated/α-hetero) is 1. The molecule has 0 radical (unpaired) electrons. The molecule has 1 aliphatic heterocycles. The topological polar surface area (TPSA) is 41.6 Å². The van der Waals surface area contributed by atoms with Crippen LogP contribution in [-0.2, 0) is 0 Å². The van der Waals surface area contributed by atoms with Gasteiger partial charge in [0, 0.05) is 38.7 Å². The Hall–Kier alpha value is -2.31. The molecular weight excluding hydrogens is 350 g/mol. The number of carbonyl (C=O) groups is 1. The maximum atomic E-state index is 13.4. The summed E-state index contributed by atoms with van der Waals surface area (Å²) < 4.78 is 31.1. The smallest absolute Gasteiger partial charge is 0.165 e. The zero-order chi connectivity index (χ0) is 19.5. The van der Waals surface area contributed by atoms with E-state index in [0.29, 0.717) is 12.8 Å². The molecule has 2 aromatic rings. The van der Waals surface area contributed by atoms with Crippen molar-refractivity contribution in [2.75, 3.05) is 39.8 Å². The summed E-state index contributed by atoms with van der Waals surface area (Å²) in [4.78, 5) is 14.1. The van der Waals surface area contributed by atoms with E-state index in [1.807, 2.05) is 30.3 Å². The lowest BCUT2D eigenvalue weighted by Gasteiger charge is -2.26. The van der Waals surface area contributed by atoms with Gasteiger partial charge in [0.15, 0.2) is 5.78 Å². The molecule has 1 saturated heterocycles. The van der Waals surface area contributed by atoms with Crippen molar-refractivity contribution in [2.24, 2.45) is 0 Å². The summed E-state index contributed by atoms with van der Waals surface area (Å²) in [6.07, 6.45) is 1.00. The minimum atomic E-state index is -0.771. The Morgan fingerprint density at radius 3 is 2.41 bits per heavy atom. The Morgan fingerprint density at radius 2 is 1.81 bits per heavy atom. The summed E-state index contributed by atoms with van der Waals surface area (Å²) in [5.74, 6) is -0.776. The number of hydrogen-bond acceptors (Lipinski definition) is 4. The van der Waals surface area contributed by atoms with Crippen LogP contribution in [0.4, 0.5) is 8.78 Å². The van der Waals surface area contributed by atoms with Crippen molar-refractivity contribution in [1.29, 1.82) is 0 Å². The van der Waals surface area contributed by atoms with Gasteiger partial charge >= 0.3 is 0 Å². The highest BCUT2D eigenvalue weighted by Gasteiger charge is 2.14. The molecule has 0 aliphatic carbocycles. The fourth-order valence-electron chi connectivity index (χ4n) is 2.80. The monoisotopic (exact) mass is 376 g/mol. The van der Waals surface area contributed by atoms with Crippen LogP contribution in [0.25, 0.3) is 0 Å². The SMILES string of the molecule is COc1ccccc1.O=C(CCCN1CCNCC1)c1ccc(F)cc1F. The second-order valence-electron chi connectivity index (χ2n) is 6.26. The summed E-state index contributed by atoms with van der Waals surface area (Å²) >= 11 is 0. The molecule has 1 aliphatic rings. The van der Waals surface area contributed by atoms with Crippen molar-refractivity contribution in [3.8, 4) is 5.75 Å². The number of hydrogen-bond donors (Lipinski definition) is 1. The molecule has 0 amide bonds. The van der Waals surface area contributed by atoms with Crippen molar-refractivity contribution in [3.05, 3.63) is 65.7 Å². The Labute approximate surface area is 159 Å². The van der Waals surface area contributed by atoms with Crippen LogP contribution in [0, 0.1) is 11.6 Å². The predicted molar refractivity (Wildman–Crippen MR) is 102 cm³/mol. The van der Waals surface area contributed by atoms with E-state index < -0.39 is 11.6 Å². The molecule has 0 spiro atoms. The molecule has 27 heavy (non-hydrogen) atoms. The summed E-state index contributed by atoms with van der Waals surface area (Å²) in [5, 5.41) is 3.26. The lowest BCUT2D eigenvalue weighted by atomic mass is 10.1. The highest BCUT2D eigenvalue weighted by atomic mass is 19.1. The van der Waals surface area contributed by atoms with E-state index >= 15 is 0 Å². The number of benzene rings is 2. The van der Waals surface area contributed by atoms with Gasteiger partial charge in [-0.05, 0) is 37.2 Å². The van der Waals surface area contributed by atoms with Gasteiger partial charge in [-0.2, -0.15) is 0 Å². The highest BCUT2D eigenvalue weighted by Crippen LogP contribution is 2.13. The first-order valence-electron chi connectivity index (χ1n) is 9.10. The lowest BCUT2D eigenvalue weighted by molar-refractivity contribution is 0.0969. The Balaban J connectivity index is 0.000000273. The molecule has 4 nitrogen and oxygen atoms in total. The molecule has 0 saturated carbocycles. The Bertz CT molecular complexity index is 705. The summed E-state index contributed by atoms with van der Waals surface area (Å²) in [6, 6.07) is 12.8. The molecule has 146 valence electrons. The van der Waals surface area contributed by atoms with E-state index in [-0.39, 0.29) is 11.3 Å². The van der Waals surface area contributed by atoms with Crippen molar-refractivity contribution in [1.82, 2.24) is 10.2 Å². The number of nitrogens with one attached hydrogen (secondary N) is 1. The first kappa shape index (κ1) is 21.0. The molecule has 0 aromatic heterocycles. The number of para-hydroxylation sites is 1. The Morgan fingerprint density at radius 1 is 1.11 bits per heavy atom. The fourth-order valence-corrected chi connectivity index (χ4v) is 2.80. The summed E-state index contributed by atoms with van der Waals surface area (Å²) in [6.45, 7) is 4.76. The molecule has 3 rings (SSSR count). The standard InChI is InChI=1S/C14H18F2N2O.C7H8O/c15-11-3-4-12(13(16)10-11)14(19)2-1-7-18-8-5-17-6-9-18;1-8-7-5-3-2-4-6-7/h3-4,10,17H,1-2,5-9H2;2-6H,1H3. The molecule has 2 aromatic carbocycles. The predicted octanol–water partition coefficient (Wildman–Crippen LogP) is 3.53. The van der Waals surface area contributed by atoms with Crippen molar-refractivity contribution in [3.63, 3.8) is 0 Å². The fraction of sp³-hybridized carbons (Fsp3) is 0.381. The third-order valence-electron chi connectivity index (χ3n) is 4.30. The van der Waals surface area contributed by atoms with E-state index in [0.717, 1.165) is 50.6 Å². The van der Waals surface area contributed by atoms with Gasteiger partial charge in [-0.1, -0.05) is 18.2 Å². The molecule has 0 unspecified atom stereocenters. The van der Waals surface area contributed by atoms with E-state index in [9.17, 15) is 13.6 Å². The van der Waals surface area contributed by atoms with Gasteiger partial charge in [0.25, 0.3) is 0 Å². The average Bonchev–Trinajstić information content (AvgIpc) is 2.70. The third-order valence-corrected chi connectivity index (χ3v) is 4.30. The maximum Gasteiger partial charge on any atom is 0.165 e. The number of methoxy groups -OCH3 is 1. The second kappa shape index (κ2) is 11.4. The van der Waals surface area contributed by atoms with Crippen LogP contribution in [0.5, 0.6) is 5.75 Å². The highest BCUT2D eigenvalue weighted by molar-refractivity contribution is 5.96. The van der Waals surface area contributed by atoms with E-state index in [1.54, 1.807) is 7.11 Å². The van der Waals surface area contributed by atoms with Crippen LogP contribution in [0.3, 0.4) is 0 Å². The first-order chi connectivity index (χ1) is 13.1. The van der Waals surface area contributed by atoms with Gasteiger partial charge in [0.2, 0.25) is 0 Å². The van der Waals surface area contributed by atoms with Crippen LogP contribution >= 0.6 is 0 Å². The van der Waals surface area contributed by atoms with Crippen LogP contribution in [0.1, 0.15) is 23.2 Å². The molecule has 0 atom stereocenters. The van der Waals surface area contributed by atoms with Gasteiger partial charge in [-0.3, -0.25) is 4.79 Å². The molecule has 1 heterocycles. The first-order valence-corrected chi connectivity index (χ1v) is 9.10. The van der Waals surface area contributed by atoms with E-state index in [2.05, 4.69) is 10.2 Å². The molecule has 6 heteroatoms. The third kappa shape index (κ3) is 7.45. The van der Waals surface area contributed by atoms with Gasteiger partial charge < -0.3 is 15.0 Å². The maximum absolute atomic E-state index is 13.4. The number of ether oxygens (including phenoxy) is 1. The van der Waals surface area contributed by atoms with Gasteiger partial charge in [-0.25, -0.2) is 8.78 Å². The number of rotatable bonds is 6. The zero-order valence-electron chi connectivity index (χ0n) is 15.6. The van der Waals surface area contributed by atoms with Gasteiger partial charge in [0.1, 0.15) is 17.4 Å². The van der Waals surface area contributed by atoms with Crippen LogP contribution in [0.2, 0.25) is 0 Å². The molecule has 1 fully saturated rings. The number of ketones is 1. The number of halogens is 2. The number of nitrogens with zero attached hydrogens (tertiary/aromatic N) is 1. The number of carbonyl (C=O) groups excluding carboxylic acids is 1. The normalized spacial score (nSPS) is 14.2. The van der Waals surface area contributed by atoms with Gasteiger partial charge in [-0.15, -0.1) is 0 Å². The number of piperazine rings is 1. The lowest BCUT2D eigenvalue weighted by Crippen LogP contribution is -2.43. The van der Waals surface area contributed by atoms with Gasteiger partial charge in [0.05, 0.1) is 12.7 Å². The van der Waals surface area contributed by atoms with E-state index in [1.165, 1.54) is 6.07 Å². The van der Waals surface area contributed by atoms with Crippen LogP contribution in [-0.4, -0.2) is 50.5 Å². The van der Waals surface area contributed by atoms with Crippen molar-refractivity contribution >= 4 is 5.78 Å². The van der Waals surface area contributed by atoms with Crippen molar-refractivity contribution < 1.29 is 18.3 Å². The molecule has 0 bridgehead atoms.